The largest absolute Gasteiger partial charge is 0.496 e. The van der Waals surface area contributed by atoms with Gasteiger partial charge in [0.05, 0.1) is 21.3 Å². The van der Waals surface area contributed by atoms with Gasteiger partial charge in [-0.3, -0.25) is 4.79 Å². The van der Waals surface area contributed by atoms with Crippen molar-refractivity contribution in [3.63, 3.8) is 0 Å². The number of carbonyl (C=O) groups excluding carboxylic acids is 5. The minimum absolute atomic E-state index is 0.0199. The Morgan fingerprint density at radius 3 is 1.71 bits per heavy atom. The fraction of sp³-hybridized carbons (Fsp3) is 0.271. The summed E-state index contributed by atoms with van der Waals surface area (Å²) in [5.41, 5.74) is 0.296. The molecule has 0 fully saturated rings. The molecule has 0 bridgehead atoms. The first-order valence-electron chi connectivity index (χ1n) is 20.4. The van der Waals surface area contributed by atoms with Crippen LogP contribution in [0.15, 0.2) is 91.0 Å². The lowest BCUT2D eigenvalue weighted by Crippen LogP contribution is -2.50. The zero-order chi connectivity index (χ0) is 49.9. The Labute approximate surface area is 386 Å². The lowest BCUT2D eigenvalue weighted by molar-refractivity contribution is -0.145. The van der Waals surface area contributed by atoms with E-state index >= 15 is 0 Å². The predicted octanol–water partition coefficient (Wildman–Crippen LogP) is 8.54. The smallest absolute Gasteiger partial charge is 0.408 e. The summed E-state index contributed by atoms with van der Waals surface area (Å²) in [6.07, 6.45) is -2.20. The number of amides is 3. The number of hydrogen-bond donors (Lipinski definition) is 3. The fourth-order valence-electron chi connectivity index (χ4n) is 6.38. The maximum atomic E-state index is 14.7. The molecule has 3 amide bonds. The lowest BCUT2D eigenvalue weighted by Gasteiger charge is -2.24. The highest BCUT2D eigenvalue weighted by atomic mass is 19.2. The molecule has 5 aromatic carbocycles. The maximum Gasteiger partial charge on any atom is 0.408 e. The van der Waals surface area contributed by atoms with Crippen LogP contribution in [-0.2, 0) is 41.6 Å². The van der Waals surface area contributed by atoms with Crippen molar-refractivity contribution in [2.45, 2.75) is 64.4 Å². The van der Waals surface area contributed by atoms with Crippen LogP contribution in [0.2, 0.25) is 0 Å². The predicted molar refractivity (Wildman–Crippen MR) is 231 cm³/mol. The van der Waals surface area contributed by atoms with Gasteiger partial charge in [0.15, 0.2) is 23.6 Å². The first-order valence-corrected chi connectivity index (χ1v) is 20.4. The third kappa shape index (κ3) is 12.9. The van der Waals surface area contributed by atoms with Gasteiger partial charge in [0, 0.05) is 12.0 Å². The van der Waals surface area contributed by atoms with Crippen molar-refractivity contribution in [1.29, 1.82) is 0 Å². The first kappa shape index (κ1) is 51.1. The van der Waals surface area contributed by atoms with E-state index in [0.717, 1.165) is 13.2 Å². The van der Waals surface area contributed by atoms with Crippen LogP contribution in [0.5, 0.6) is 28.7 Å². The van der Waals surface area contributed by atoms with Gasteiger partial charge in [-0.05, 0) is 74.2 Å². The molecule has 0 aliphatic rings. The van der Waals surface area contributed by atoms with Crippen molar-refractivity contribution < 1.29 is 79.1 Å². The van der Waals surface area contributed by atoms with E-state index in [0.29, 0.717) is 16.7 Å². The SMILES string of the molecule is COC(=O)[C@@H](NC(=O)[C@@H](Cc1ccccc1)NC(=O)OCc1ccccc1)c1cc(OC)c(C)c(Oc2cc([C@@H](NC(=O)OC(C)(C)C)C(=O)Oc3c(F)c(F)c(F)c(F)c3F)ccc2OC)c1. The van der Waals surface area contributed by atoms with Gasteiger partial charge >= 0.3 is 24.1 Å². The Hall–Kier alpha value is -7.90. The molecule has 0 spiro atoms. The summed E-state index contributed by atoms with van der Waals surface area (Å²) < 4.78 is 109. The number of methoxy groups -OCH3 is 3. The second-order valence-corrected chi connectivity index (χ2v) is 15.7. The van der Waals surface area contributed by atoms with Crippen LogP contribution in [0.25, 0.3) is 0 Å². The lowest BCUT2D eigenvalue weighted by atomic mass is 10.0. The van der Waals surface area contributed by atoms with Crippen molar-refractivity contribution in [2.24, 2.45) is 0 Å². The number of rotatable bonds is 17. The van der Waals surface area contributed by atoms with E-state index in [2.05, 4.69) is 16.0 Å². The number of alkyl carbamates (subject to hydrolysis) is 2. The number of benzene rings is 5. The van der Waals surface area contributed by atoms with Gasteiger partial charge in [-0.25, -0.2) is 32.3 Å². The molecule has 3 atom stereocenters. The number of carbonyl (C=O) groups is 5. The molecule has 0 aliphatic heterocycles. The topological polar surface area (TPSA) is 186 Å². The fourth-order valence-corrected chi connectivity index (χ4v) is 6.38. The summed E-state index contributed by atoms with van der Waals surface area (Å²) in [5.74, 6) is -17.8. The molecule has 20 heteroatoms. The van der Waals surface area contributed by atoms with E-state index < -0.39 is 88.6 Å². The van der Waals surface area contributed by atoms with Crippen molar-refractivity contribution in [2.75, 3.05) is 21.3 Å². The Bertz CT molecular complexity index is 2620. The van der Waals surface area contributed by atoms with Crippen molar-refractivity contribution in [3.05, 3.63) is 148 Å². The number of halogens is 5. The van der Waals surface area contributed by atoms with Crippen molar-refractivity contribution >= 4 is 30.0 Å². The molecule has 0 saturated carbocycles. The molecule has 0 aromatic heterocycles. The Morgan fingerprint density at radius 2 is 1.13 bits per heavy atom. The molecule has 0 unspecified atom stereocenters. The van der Waals surface area contributed by atoms with Gasteiger partial charge in [-0.1, -0.05) is 66.7 Å². The molecule has 5 aromatic rings. The van der Waals surface area contributed by atoms with Crippen LogP contribution >= 0.6 is 0 Å². The zero-order valence-electron chi connectivity index (χ0n) is 37.6. The Kier molecular flexibility index (Phi) is 16.9. The van der Waals surface area contributed by atoms with Gasteiger partial charge in [0.25, 0.3) is 0 Å². The van der Waals surface area contributed by atoms with Crippen LogP contribution in [-0.4, -0.2) is 63.0 Å². The molecule has 0 saturated heterocycles. The standard InChI is InChI=1S/C48H46F5N3O12/c1-25-32(63-6)22-29(41(44(58)64-7)55-43(57)30(20-26-14-10-8-11-15-26)54-46(60)65-24-27-16-12-9-13-17-27)23-33(25)66-34-21-28(18-19-31(34)62-5)40(56-47(61)68-48(2,3)4)45(59)67-42-38(52)36(50)35(49)37(51)39(42)53/h8-19,21-23,30,40-41H,20,24H2,1-7H3,(H,54,60)(H,55,57)(H,56,61)/t30-,40-,41+/m1/s1. The van der Waals surface area contributed by atoms with Gasteiger partial charge in [0.2, 0.25) is 40.7 Å². The third-order valence-corrected chi connectivity index (χ3v) is 9.73. The number of esters is 2. The van der Waals surface area contributed by atoms with Crippen molar-refractivity contribution in [3.8, 4) is 28.7 Å². The van der Waals surface area contributed by atoms with E-state index in [1.807, 2.05) is 0 Å². The highest BCUT2D eigenvalue weighted by Crippen LogP contribution is 2.40. The quantitative estimate of drug-likeness (QED) is 0.0202. The van der Waals surface area contributed by atoms with E-state index in [-0.39, 0.29) is 47.2 Å². The van der Waals surface area contributed by atoms with Crippen LogP contribution in [0.4, 0.5) is 31.5 Å². The van der Waals surface area contributed by atoms with Gasteiger partial charge in [-0.15, -0.1) is 0 Å². The van der Waals surface area contributed by atoms with E-state index in [4.69, 9.17) is 33.2 Å². The average molecular weight is 952 g/mol. The third-order valence-electron chi connectivity index (χ3n) is 9.73. The normalized spacial score (nSPS) is 12.4. The van der Waals surface area contributed by atoms with Crippen LogP contribution < -0.4 is 34.9 Å². The summed E-state index contributed by atoms with van der Waals surface area (Å²) in [5, 5.41) is 7.37. The molecular formula is C48H46F5N3O12. The number of nitrogens with one attached hydrogen (secondary N) is 3. The highest BCUT2D eigenvalue weighted by molar-refractivity contribution is 5.90. The number of ether oxygens (including phenoxy) is 7. The van der Waals surface area contributed by atoms with Crippen LogP contribution in [0.3, 0.4) is 0 Å². The molecule has 15 nitrogen and oxygen atoms in total. The Balaban J connectivity index is 1.51. The molecule has 0 aliphatic carbocycles. The minimum Gasteiger partial charge on any atom is -0.496 e. The second-order valence-electron chi connectivity index (χ2n) is 15.7. The minimum atomic E-state index is -2.50. The van der Waals surface area contributed by atoms with Crippen LogP contribution in [0, 0.1) is 36.0 Å². The summed E-state index contributed by atoms with van der Waals surface area (Å²) in [4.78, 5) is 67.3. The Morgan fingerprint density at radius 1 is 0.588 bits per heavy atom. The molecule has 68 heavy (non-hydrogen) atoms. The molecule has 5 rings (SSSR count). The van der Waals surface area contributed by atoms with E-state index in [9.17, 15) is 45.9 Å². The number of hydrogen-bond acceptors (Lipinski definition) is 12. The molecule has 360 valence electrons. The van der Waals surface area contributed by atoms with Gasteiger partial charge in [0.1, 0.15) is 29.7 Å². The zero-order valence-corrected chi connectivity index (χ0v) is 37.6. The van der Waals surface area contributed by atoms with Gasteiger partial charge in [-0.2, -0.15) is 8.78 Å². The molecule has 3 N–H and O–H groups in total. The summed E-state index contributed by atoms with van der Waals surface area (Å²) >= 11 is 0. The second kappa shape index (κ2) is 22.5. The summed E-state index contributed by atoms with van der Waals surface area (Å²) in [6, 6.07) is 18.9. The molecule has 0 heterocycles. The maximum absolute atomic E-state index is 14.7. The summed E-state index contributed by atoms with van der Waals surface area (Å²) in [6.45, 7) is 5.92. The highest BCUT2D eigenvalue weighted by Gasteiger charge is 2.35. The first-order chi connectivity index (χ1) is 32.2. The molecule has 0 radical (unpaired) electrons. The monoisotopic (exact) mass is 951 g/mol. The van der Waals surface area contributed by atoms with E-state index in [1.165, 1.54) is 59.3 Å². The van der Waals surface area contributed by atoms with Crippen LogP contribution in [0.1, 0.15) is 60.7 Å². The average Bonchev–Trinajstić information content (AvgIpc) is 3.32. The molecular weight excluding hydrogens is 906 g/mol. The van der Waals surface area contributed by atoms with Crippen molar-refractivity contribution in [1.82, 2.24) is 16.0 Å². The summed E-state index contributed by atoms with van der Waals surface area (Å²) in [7, 11) is 3.65. The van der Waals surface area contributed by atoms with E-state index in [1.54, 1.807) is 67.6 Å². The van der Waals surface area contributed by atoms with Gasteiger partial charge < -0.3 is 49.1 Å².